The molecule has 0 atom stereocenters. The van der Waals surface area contributed by atoms with Gasteiger partial charge >= 0.3 is 0 Å². The first-order valence-corrected chi connectivity index (χ1v) is 6.72. The average Bonchev–Trinajstić information content (AvgIpc) is 2.38. The van der Waals surface area contributed by atoms with E-state index in [1.807, 2.05) is 0 Å². The number of hydrogen-bond acceptors (Lipinski definition) is 2. The first-order chi connectivity index (χ1) is 8.87. The lowest BCUT2D eigenvalue weighted by molar-refractivity contribution is 0.0172. The van der Waals surface area contributed by atoms with E-state index in [0.717, 1.165) is 39.0 Å². The van der Waals surface area contributed by atoms with Gasteiger partial charge in [-0.3, -0.25) is 0 Å². The zero-order valence-electron chi connectivity index (χ0n) is 11.5. The van der Waals surface area contributed by atoms with Gasteiger partial charge in [-0.2, -0.15) is 0 Å². The van der Waals surface area contributed by atoms with Crippen LogP contribution in [0.1, 0.15) is 50.2 Å². The number of alkyl halides is 2. The van der Waals surface area contributed by atoms with Crippen LogP contribution in [0.5, 0.6) is 5.75 Å². The predicted molar refractivity (Wildman–Crippen MR) is 71.5 cm³/mol. The molecule has 1 aliphatic rings. The summed E-state index contributed by atoms with van der Waals surface area (Å²) in [4.78, 5) is 0. The SMILES string of the molecule is COc1ccc(C(C)(F)F)cc1C1(N)CCCCC1. The molecule has 1 aromatic carbocycles. The van der Waals surface area contributed by atoms with Gasteiger partial charge in [0.25, 0.3) is 5.92 Å². The van der Waals surface area contributed by atoms with E-state index >= 15 is 0 Å². The van der Waals surface area contributed by atoms with E-state index in [4.69, 9.17) is 10.5 Å². The maximum atomic E-state index is 13.5. The lowest BCUT2D eigenvalue weighted by atomic mass is 9.76. The van der Waals surface area contributed by atoms with Gasteiger partial charge in [0, 0.05) is 23.6 Å². The van der Waals surface area contributed by atoms with Crippen molar-refractivity contribution in [2.24, 2.45) is 5.73 Å². The minimum absolute atomic E-state index is 0.00121. The van der Waals surface area contributed by atoms with Crippen molar-refractivity contribution < 1.29 is 13.5 Å². The van der Waals surface area contributed by atoms with Crippen molar-refractivity contribution in [3.63, 3.8) is 0 Å². The van der Waals surface area contributed by atoms with Crippen LogP contribution in [-0.2, 0) is 11.5 Å². The number of rotatable bonds is 3. The second-order valence-electron chi connectivity index (χ2n) is 5.52. The molecule has 0 amide bonds. The fourth-order valence-corrected chi connectivity index (χ4v) is 2.82. The van der Waals surface area contributed by atoms with Crippen LogP contribution in [0.4, 0.5) is 8.78 Å². The fraction of sp³-hybridized carbons (Fsp3) is 0.600. The van der Waals surface area contributed by atoms with E-state index in [0.29, 0.717) is 11.3 Å². The van der Waals surface area contributed by atoms with Gasteiger partial charge in [0.05, 0.1) is 7.11 Å². The number of hydrogen-bond donors (Lipinski definition) is 1. The molecule has 19 heavy (non-hydrogen) atoms. The van der Waals surface area contributed by atoms with Gasteiger partial charge in [0.15, 0.2) is 0 Å². The molecule has 4 heteroatoms. The Labute approximate surface area is 112 Å². The summed E-state index contributed by atoms with van der Waals surface area (Å²) in [6.45, 7) is 0.905. The quantitative estimate of drug-likeness (QED) is 0.902. The van der Waals surface area contributed by atoms with E-state index in [2.05, 4.69) is 0 Å². The molecule has 106 valence electrons. The third-order valence-corrected chi connectivity index (χ3v) is 3.99. The van der Waals surface area contributed by atoms with E-state index in [-0.39, 0.29) is 5.56 Å². The summed E-state index contributed by atoms with van der Waals surface area (Å²) < 4.78 is 32.3. The zero-order chi connectivity index (χ0) is 14.1. The van der Waals surface area contributed by atoms with E-state index in [1.54, 1.807) is 13.2 Å². The van der Waals surface area contributed by atoms with Crippen molar-refractivity contribution in [2.75, 3.05) is 7.11 Å². The topological polar surface area (TPSA) is 35.2 Å². The Kier molecular flexibility index (Phi) is 3.81. The molecule has 2 nitrogen and oxygen atoms in total. The molecule has 0 saturated heterocycles. The van der Waals surface area contributed by atoms with E-state index < -0.39 is 11.5 Å². The highest BCUT2D eigenvalue weighted by Crippen LogP contribution is 2.41. The van der Waals surface area contributed by atoms with Crippen LogP contribution in [0, 0.1) is 0 Å². The van der Waals surface area contributed by atoms with Crippen LogP contribution in [0.25, 0.3) is 0 Å². The predicted octanol–water partition coefficient (Wildman–Crippen LogP) is 3.93. The van der Waals surface area contributed by atoms with Crippen molar-refractivity contribution in [2.45, 2.75) is 50.5 Å². The van der Waals surface area contributed by atoms with Gasteiger partial charge in [0.1, 0.15) is 5.75 Å². The summed E-state index contributed by atoms with van der Waals surface area (Å²) in [5.74, 6) is -2.25. The minimum atomic E-state index is -2.86. The van der Waals surface area contributed by atoms with Crippen LogP contribution in [0.15, 0.2) is 18.2 Å². The summed E-state index contributed by atoms with van der Waals surface area (Å²) in [7, 11) is 1.55. The molecular formula is C15H21F2NO. The molecule has 0 unspecified atom stereocenters. The minimum Gasteiger partial charge on any atom is -0.496 e. The highest BCUT2D eigenvalue weighted by atomic mass is 19.3. The monoisotopic (exact) mass is 269 g/mol. The first-order valence-electron chi connectivity index (χ1n) is 6.72. The Morgan fingerprint density at radius 3 is 2.37 bits per heavy atom. The molecule has 0 spiro atoms. The van der Waals surface area contributed by atoms with Crippen molar-refractivity contribution in [3.05, 3.63) is 29.3 Å². The number of nitrogens with two attached hydrogens (primary N) is 1. The maximum absolute atomic E-state index is 13.5. The standard InChI is InChI=1S/C15H21F2NO/c1-14(16,17)11-6-7-13(19-2)12(10-11)15(18)8-4-3-5-9-15/h6-7,10H,3-5,8-9,18H2,1-2H3. The van der Waals surface area contributed by atoms with Gasteiger partial charge in [-0.05, 0) is 31.0 Å². The van der Waals surface area contributed by atoms with Crippen molar-refractivity contribution in [3.8, 4) is 5.75 Å². The van der Waals surface area contributed by atoms with Crippen LogP contribution < -0.4 is 10.5 Å². The normalized spacial score (nSPS) is 19.2. The first kappa shape index (κ1) is 14.3. The highest BCUT2D eigenvalue weighted by Gasteiger charge is 2.34. The second-order valence-corrected chi connectivity index (χ2v) is 5.52. The van der Waals surface area contributed by atoms with Gasteiger partial charge in [-0.25, -0.2) is 8.78 Å². The second kappa shape index (κ2) is 5.08. The lowest BCUT2D eigenvalue weighted by Gasteiger charge is -2.35. The number of halogens is 2. The van der Waals surface area contributed by atoms with Gasteiger partial charge < -0.3 is 10.5 Å². The molecule has 1 saturated carbocycles. The molecule has 1 aliphatic carbocycles. The number of benzene rings is 1. The summed E-state index contributed by atoms with van der Waals surface area (Å²) in [5, 5.41) is 0. The molecule has 2 rings (SSSR count). The Bertz CT molecular complexity index is 448. The molecule has 0 heterocycles. The highest BCUT2D eigenvalue weighted by molar-refractivity contribution is 5.43. The molecule has 1 fully saturated rings. The average molecular weight is 269 g/mol. The fourth-order valence-electron chi connectivity index (χ4n) is 2.82. The van der Waals surface area contributed by atoms with Gasteiger partial charge in [0.2, 0.25) is 0 Å². The Balaban J connectivity index is 2.47. The molecule has 0 bridgehead atoms. The summed E-state index contributed by atoms with van der Waals surface area (Å²) in [6.07, 6.45) is 4.87. The smallest absolute Gasteiger partial charge is 0.270 e. The molecular weight excluding hydrogens is 248 g/mol. The zero-order valence-corrected chi connectivity index (χ0v) is 11.5. The Morgan fingerprint density at radius 1 is 1.21 bits per heavy atom. The summed E-state index contributed by atoms with van der Waals surface area (Å²) in [5.41, 5.74) is 6.62. The summed E-state index contributed by atoms with van der Waals surface area (Å²) >= 11 is 0. The van der Waals surface area contributed by atoms with Crippen molar-refractivity contribution in [1.29, 1.82) is 0 Å². The van der Waals surface area contributed by atoms with Gasteiger partial charge in [-0.15, -0.1) is 0 Å². The van der Waals surface area contributed by atoms with E-state index in [1.165, 1.54) is 12.1 Å². The molecule has 1 aromatic rings. The van der Waals surface area contributed by atoms with Crippen LogP contribution >= 0.6 is 0 Å². The van der Waals surface area contributed by atoms with Crippen molar-refractivity contribution >= 4 is 0 Å². The third-order valence-electron chi connectivity index (χ3n) is 3.99. The third kappa shape index (κ3) is 2.89. The number of methoxy groups -OCH3 is 1. The summed E-state index contributed by atoms with van der Waals surface area (Å²) in [6, 6.07) is 4.53. The van der Waals surface area contributed by atoms with E-state index in [9.17, 15) is 8.78 Å². The lowest BCUT2D eigenvalue weighted by Crippen LogP contribution is -2.39. The van der Waals surface area contributed by atoms with Crippen molar-refractivity contribution in [1.82, 2.24) is 0 Å². The molecule has 0 radical (unpaired) electrons. The van der Waals surface area contributed by atoms with Gasteiger partial charge in [-0.1, -0.05) is 19.3 Å². The molecule has 2 N–H and O–H groups in total. The largest absolute Gasteiger partial charge is 0.496 e. The number of ether oxygens (including phenoxy) is 1. The van der Waals surface area contributed by atoms with Crippen LogP contribution in [0.3, 0.4) is 0 Å². The maximum Gasteiger partial charge on any atom is 0.270 e. The Hall–Kier alpha value is -1.16. The van der Waals surface area contributed by atoms with Crippen LogP contribution in [-0.4, -0.2) is 7.11 Å². The van der Waals surface area contributed by atoms with Crippen LogP contribution in [0.2, 0.25) is 0 Å². The molecule has 0 aliphatic heterocycles. The Morgan fingerprint density at radius 2 is 1.84 bits per heavy atom. The molecule has 0 aromatic heterocycles.